The fourth-order valence-corrected chi connectivity index (χ4v) is 2.85. The number of imidazole rings is 1. The Hall–Kier alpha value is -1.41. The molecule has 1 rings (SSSR count). The highest BCUT2D eigenvalue weighted by molar-refractivity contribution is 7.89. The van der Waals surface area contributed by atoms with Crippen molar-refractivity contribution >= 4 is 15.9 Å². The maximum Gasteiger partial charge on any atom is 0.262 e. The molecular weight excluding hydrogens is 242 g/mol. The minimum atomic E-state index is -3.66. The number of nitrogens with one attached hydrogen (secondary N) is 1. The maximum absolute atomic E-state index is 12.2. The molecular formula is C9H17N5O2S. The largest absolute Gasteiger partial charge is 0.387 e. The van der Waals surface area contributed by atoms with Gasteiger partial charge >= 0.3 is 0 Å². The second-order valence-corrected chi connectivity index (χ2v) is 5.63. The molecule has 1 aromatic rings. The van der Waals surface area contributed by atoms with Crippen LogP contribution >= 0.6 is 0 Å². The van der Waals surface area contributed by atoms with Gasteiger partial charge in [-0.2, -0.15) is 4.31 Å². The van der Waals surface area contributed by atoms with Crippen molar-refractivity contribution in [3.8, 4) is 0 Å². The lowest BCUT2D eigenvalue weighted by Gasteiger charge is -2.19. The van der Waals surface area contributed by atoms with Crippen LogP contribution < -0.4 is 5.73 Å². The van der Waals surface area contributed by atoms with Crippen LogP contribution in [0.15, 0.2) is 17.6 Å². The third kappa shape index (κ3) is 3.27. The predicted molar refractivity (Wildman–Crippen MR) is 64.2 cm³/mol. The van der Waals surface area contributed by atoms with Crippen LogP contribution in [-0.4, -0.2) is 41.2 Å². The van der Waals surface area contributed by atoms with E-state index in [1.54, 1.807) is 11.6 Å². The van der Waals surface area contributed by atoms with Gasteiger partial charge in [-0.05, 0) is 6.42 Å². The Morgan fingerprint density at radius 2 is 2.29 bits per heavy atom. The average Bonchev–Trinajstić information content (AvgIpc) is 2.64. The van der Waals surface area contributed by atoms with Gasteiger partial charge in [-0.15, -0.1) is 0 Å². The molecule has 1 aromatic heterocycles. The van der Waals surface area contributed by atoms with Crippen LogP contribution in [0, 0.1) is 5.41 Å². The van der Waals surface area contributed by atoms with Crippen molar-refractivity contribution in [3.05, 3.63) is 12.5 Å². The number of sulfonamides is 1. The molecule has 0 aliphatic heterocycles. The lowest BCUT2D eigenvalue weighted by Crippen LogP contribution is -2.38. The van der Waals surface area contributed by atoms with Gasteiger partial charge in [-0.25, -0.2) is 13.4 Å². The summed E-state index contributed by atoms with van der Waals surface area (Å²) in [5, 5.41) is 7.18. The van der Waals surface area contributed by atoms with Crippen LogP contribution in [0.3, 0.4) is 0 Å². The quantitative estimate of drug-likeness (QED) is 0.543. The minimum Gasteiger partial charge on any atom is -0.387 e. The lowest BCUT2D eigenvalue weighted by atomic mass is 10.4. The molecule has 0 saturated heterocycles. The van der Waals surface area contributed by atoms with Gasteiger partial charge in [0.1, 0.15) is 5.84 Å². The SMILES string of the molecule is CCCN(CC(=N)N)S(=O)(=O)c1cn(C)cn1. The van der Waals surface area contributed by atoms with E-state index in [2.05, 4.69) is 4.98 Å². The third-order valence-corrected chi connectivity index (χ3v) is 3.84. The molecule has 0 aliphatic carbocycles. The molecule has 0 radical (unpaired) electrons. The van der Waals surface area contributed by atoms with E-state index in [0.717, 1.165) is 4.31 Å². The van der Waals surface area contributed by atoms with Gasteiger partial charge in [-0.1, -0.05) is 6.92 Å². The summed E-state index contributed by atoms with van der Waals surface area (Å²) < 4.78 is 27.1. The summed E-state index contributed by atoms with van der Waals surface area (Å²) in [6, 6.07) is 0. The van der Waals surface area contributed by atoms with Crippen LogP contribution in [0.2, 0.25) is 0 Å². The van der Waals surface area contributed by atoms with Gasteiger partial charge in [0.25, 0.3) is 10.0 Å². The number of aryl methyl sites for hydroxylation is 1. The molecule has 0 amide bonds. The number of hydrogen-bond acceptors (Lipinski definition) is 4. The molecule has 1 heterocycles. The van der Waals surface area contributed by atoms with Gasteiger partial charge in [0.2, 0.25) is 0 Å². The molecule has 8 heteroatoms. The van der Waals surface area contributed by atoms with E-state index in [1.807, 2.05) is 6.92 Å². The Kier molecular flexibility index (Phi) is 4.24. The van der Waals surface area contributed by atoms with Gasteiger partial charge < -0.3 is 10.3 Å². The van der Waals surface area contributed by atoms with E-state index >= 15 is 0 Å². The monoisotopic (exact) mass is 259 g/mol. The molecule has 0 spiro atoms. The summed E-state index contributed by atoms with van der Waals surface area (Å²) in [6.45, 7) is 2.08. The molecule has 0 fully saturated rings. The molecule has 0 saturated carbocycles. The van der Waals surface area contributed by atoms with Crippen LogP contribution in [0.5, 0.6) is 0 Å². The summed E-state index contributed by atoms with van der Waals surface area (Å²) in [4.78, 5) is 3.82. The van der Waals surface area contributed by atoms with Crippen molar-refractivity contribution in [3.63, 3.8) is 0 Å². The summed E-state index contributed by atoms with van der Waals surface area (Å²) >= 11 is 0. The van der Waals surface area contributed by atoms with Gasteiger partial charge in [0.15, 0.2) is 5.03 Å². The van der Waals surface area contributed by atoms with E-state index in [9.17, 15) is 8.42 Å². The van der Waals surface area contributed by atoms with Crippen LogP contribution in [0.1, 0.15) is 13.3 Å². The second kappa shape index (κ2) is 5.28. The second-order valence-electron chi connectivity index (χ2n) is 3.74. The van der Waals surface area contributed by atoms with E-state index < -0.39 is 10.0 Å². The van der Waals surface area contributed by atoms with Crippen LogP contribution in [-0.2, 0) is 17.1 Å². The zero-order chi connectivity index (χ0) is 13.1. The topological polar surface area (TPSA) is 105 Å². The molecule has 0 bridgehead atoms. The molecule has 0 aromatic carbocycles. The first-order valence-electron chi connectivity index (χ1n) is 5.19. The highest BCUT2D eigenvalue weighted by Gasteiger charge is 2.26. The number of aromatic nitrogens is 2. The first kappa shape index (κ1) is 13.7. The number of hydrogen-bond donors (Lipinski definition) is 2. The van der Waals surface area contributed by atoms with E-state index in [-0.39, 0.29) is 17.4 Å². The average molecular weight is 259 g/mol. The molecule has 0 atom stereocenters. The van der Waals surface area contributed by atoms with Crippen LogP contribution in [0.4, 0.5) is 0 Å². The fraction of sp³-hybridized carbons (Fsp3) is 0.556. The normalized spacial score (nSPS) is 11.9. The van der Waals surface area contributed by atoms with Crippen LogP contribution in [0.25, 0.3) is 0 Å². The zero-order valence-corrected chi connectivity index (χ0v) is 10.7. The smallest absolute Gasteiger partial charge is 0.262 e. The number of amidine groups is 1. The van der Waals surface area contributed by atoms with Gasteiger partial charge in [-0.3, -0.25) is 5.41 Å². The highest BCUT2D eigenvalue weighted by atomic mass is 32.2. The molecule has 0 aliphatic rings. The van der Waals surface area contributed by atoms with Gasteiger partial charge in [0.05, 0.1) is 12.9 Å². The van der Waals surface area contributed by atoms with E-state index in [1.165, 1.54) is 12.5 Å². The fourth-order valence-electron chi connectivity index (χ4n) is 1.38. The maximum atomic E-state index is 12.2. The number of nitrogens with zero attached hydrogens (tertiary/aromatic N) is 3. The lowest BCUT2D eigenvalue weighted by molar-refractivity contribution is 0.445. The number of nitrogens with two attached hydrogens (primary N) is 1. The van der Waals surface area contributed by atoms with Crippen molar-refractivity contribution in [2.75, 3.05) is 13.1 Å². The number of rotatable bonds is 6. The Labute approximate surface area is 101 Å². The van der Waals surface area contributed by atoms with Crippen molar-refractivity contribution in [1.29, 1.82) is 5.41 Å². The van der Waals surface area contributed by atoms with Crippen molar-refractivity contribution in [2.45, 2.75) is 18.4 Å². The van der Waals surface area contributed by atoms with Crippen molar-refractivity contribution in [2.24, 2.45) is 12.8 Å². The Balaban J connectivity index is 3.03. The first-order valence-corrected chi connectivity index (χ1v) is 6.63. The summed E-state index contributed by atoms with van der Waals surface area (Å²) in [5.74, 6) is -0.182. The standard InChI is InChI=1S/C9H17N5O2S/c1-3-4-14(5-8(10)11)17(15,16)9-6-13(2)7-12-9/h6-7H,3-5H2,1-2H3,(H3,10,11). The Morgan fingerprint density at radius 3 is 2.71 bits per heavy atom. The van der Waals surface area contributed by atoms with Gasteiger partial charge in [0, 0.05) is 19.8 Å². The highest BCUT2D eigenvalue weighted by Crippen LogP contribution is 2.12. The Bertz CT molecular complexity index is 493. The predicted octanol–water partition coefficient (Wildman–Crippen LogP) is -0.243. The summed E-state index contributed by atoms with van der Waals surface area (Å²) in [6.07, 6.45) is 3.50. The van der Waals surface area contributed by atoms with Crippen molar-refractivity contribution in [1.82, 2.24) is 13.9 Å². The Morgan fingerprint density at radius 1 is 1.65 bits per heavy atom. The van der Waals surface area contributed by atoms with E-state index in [0.29, 0.717) is 13.0 Å². The third-order valence-electron chi connectivity index (χ3n) is 2.11. The minimum absolute atomic E-state index is 0.0188. The summed E-state index contributed by atoms with van der Waals surface area (Å²) in [5.41, 5.74) is 5.26. The molecule has 17 heavy (non-hydrogen) atoms. The molecule has 7 nitrogen and oxygen atoms in total. The molecule has 3 N–H and O–H groups in total. The first-order chi connectivity index (χ1) is 7.87. The van der Waals surface area contributed by atoms with Crippen molar-refractivity contribution < 1.29 is 8.42 Å². The zero-order valence-electron chi connectivity index (χ0n) is 9.92. The summed E-state index contributed by atoms with van der Waals surface area (Å²) in [7, 11) is -1.96. The molecule has 0 unspecified atom stereocenters. The molecule has 96 valence electrons. The van der Waals surface area contributed by atoms with E-state index in [4.69, 9.17) is 11.1 Å².